The molecule has 7 nitrogen and oxygen atoms in total. The van der Waals surface area contributed by atoms with E-state index in [4.69, 9.17) is 9.26 Å². The van der Waals surface area contributed by atoms with Gasteiger partial charge in [-0.2, -0.15) is 0 Å². The standard InChI is InChI=1S/C24H25N3O4/c1-30-20-9-5-8-18(14-20)22-15-21(26-31-22)24(29)27(19-10-11-19)13-12-23(28)25-16-17-6-3-2-4-7-17/h2-9,14-15,19H,10-13,16H2,1H3,(H,25,28). The third-order valence-electron chi connectivity index (χ3n) is 5.24. The Bertz CT molecular complexity index is 1040. The van der Waals surface area contributed by atoms with Crippen molar-refractivity contribution < 1.29 is 18.8 Å². The molecule has 0 unspecified atom stereocenters. The van der Waals surface area contributed by atoms with Crippen LogP contribution < -0.4 is 10.1 Å². The molecule has 31 heavy (non-hydrogen) atoms. The normalized spacial score (nSPS) is 12.9. The Hall–Kier alpha value is -3.61. The smallest absolute Gasteiger partial charge is 0.276 e. The van der Waals surface area contributed by atoms with E-state index in [2.05, 4.69) is 10.5 Å². The molecule has 0 aliphatic heterocycles. The maximum atomic E-state index is 13.0. The number of benzene rings is 2. The van der Waals surface area contributed by atoms with Crippen LogP contribution in [-0.4, -0.2) is 41.6 Å². The summed E-state index contributed by atoms with van der Waals surface area (Å²) in [6, 6.07) is 18.9. The first-order valence-corrected chi connectivity index (χ1v) is 10.4. The molecule has 1 aromatic heterocycles. The van der Waals surface area contributed by atoms with E-state index in [-0.39, 0.29) is 30.0 Å². The number of methoxy groups -OCH3 is 1. The molecule has 1 aliphatic rings. The number of ether oxygens (including phenoxy) is 1. The van der Waals surface area contributed by atoms with E-state index in [1.54, 1.807) is 18.1 Å². The van der Waals surface area contributed by atoms with E-state index in [9.17, 15) is 9.59 Å². The van der Waals surface area contributed by atoms with Crippen molar-refractivity contribution in [2.45, 2.75) is 31.8 Å². The van der Waals surface area contributed by atoms with Gasteiger partial charge in [0.05, 0.1) is 7.11 Å². The first-order chi connectivity index (χ1) is 15.1. The van der Waals surface area contributed by atoms with Gasteiger partial charge in [-0.3, -0.25) is 9.59 Å². The summed E-state index contributed by atoms with van der Waals surface area (Å²) < 4.78 is 10.6. The number of amides is 2. The molecule has 7 heteroatoms. The number of nitrogens with one attached hydrogen (secondary N) is 1. The maximum Gasteiger partial charge on any atom is 0.276 e. The molecule has 1 fully saturated rings. The summed E-state index contributed by atoms with van der Waals surface area (Å²) >= 11 is 0. The molecular formula is C24H25N3O4. The van der Waals surface area contributed by atoms with Crippen LogP contribution in [0.25, 0.3) is 11.3 Å². The summed E-state index contributed by atoms with van der Waals surface area (Å²) in [6.07, 6.45) is 2.13. The van der Waals surface area contributed by atoms with Crippen LogP contribution in [0.1, 0.15) is 35.3 Å². The zero-order chi connectivity index (χ0) is 21.6. The van der Waals surface area contributed by atoms with Gasteiger partial charge in [0, 0.05) is 37.2 Å². The van der Waals surface area contributed by atoms with Crippen molar-refractivity contribution in [2.75, 3.05) is 13.7 Å². The Morgan fingerprint density at radius 1 is 1.13 bits per heavy atom. The second kappa shape index (κ2) is 9.47. The molecule has 1 N–H and O–H groups in total. The van der Waals surface area contributed by atoms with Crippen LogP contribution in [0.3, 0.4) is 0 Å². The summed E-state index contributed by atoms with van der Waals surface area (Å²) in [6.45, 7) is 0.829. The van der Waals surface area contributed by atoms with Crippen LogP contribution in [0, 0.1) is 0 Å². The second-order valence-electron chi connectivity index (χ2n) is 7.55. The van der Waals surface area contributed by atoms with E-state index in [0.717, 1.165) is 24.0 Å². The fourth-order valence-corrected chi connectivity index (χ4v) is 3.38. The van der Waals surface area contributed by atoms with Crippen molar-refractivity contribution in [2.24, 2.45) is 0 Å². The van der Waals surface area contributed by atoms with Gasteiger partial charge >= 0.3 is 0 Å². The molecule has 2 aromatic carbocycles. The van der Waals surface area contributed by atoms with Gasteiger partial charge in [-0.05, 0) is 30.5 Å². The summed E-state index contributed by atoms with van der Waals surface area (Å²) in [4.78, 5) is 27.0. The number of hydrogen-bond donors (Lipinski definition) is 1. The predicted octanol–water partition coefficient (Wildman–Crippen LogP) is 3.66. The predicted molar refractivity (Wildman–Crippen MR) is 115 cm³/mol. The van der Waals surface area contributed by atoms with Crippen molar-refractivity contribution in [1.29, 1.82) is 0 Å². The topological polar surface area (TPSA) is 84.7 Å². The Kier molecular flexibility index (Phi) is 6.31. The van der Waals surface area contributed by atoms with Crippen molar-refractivity contribution >= 4 is 11.8 Å². The molecule has 0 bridgehead atoms. The molecule has 0 radical (unpaired) electrons. The molecule has 4 rings (SSSR count). The second-order valence-corrected chi connectivity index (χ2v) is 7.55. The van der Waals surface area contributed by atoms with E-state index in [1.165, 1.54) is 0 Å². The van der Waals surface area contributed by atoms with Crippen molar-refractivity contribution in [3.8, 4) is 17.1 Å². The van der Waals surface area contributed by atoms with Gasteiger partial charge in [0.25, 0.3) is 5.91 Å². The van der Waals surface area contributed by atoms with Crippen molar-refractivity contribution in [3.05, 3.63) is 71.9 Å². The summed E-state index contributed by atoms with van der Waals surface area (Å²) in [5, 5.41) is 6.88. The monoisotopic (exact) mass is 419 g/mol. The third-order valence-corrected chi connectivity index (χ3v) is 5.24. The van der Waals surface area contributed by atoms with Crippen LogP contribution in [0.4, 0.5) is 0 Å². The lowest BCUT2D eigenvalue weighted by Gasteiger charge is -2.20. The lowest BCUT2D eigenvalue weighted by molar-refractivity contribution is -0.121. The number of carbonyl (C=O) groups excluding carboxylic acids is 2. The Morgan fingerprint density at radius 2 is 1.94 bits per heavy atom. The largest absolute Gasteiger partial charge is 0.497 e. The molecule has 3 aromatic rings. The minimum atomic E-state index is -0.212. The number of aromatic nitrogens is 1. The lowest BCUT2D eigenvalue weighted by Crippen LogP contribution is -2.37. The van der Waals surface area contributed by atoms with Crippen LogP contribution in [-0.2, 0) is 11.3 Å². The van der Waals surface area contributed by atoms with E-state index >= 15 is 0 Å². The van der Waals surface area contributed by atoms with Gasteiger partial charge in [-0.25, -0.2) is 0 Å². The van der Waals surface area contributed by atoms with Crippen LogP contribution in [0.5, 0.6) is 5.75 Å². The summed E-state index contributed by atoms with van der Waals surface area (Å²) in [5.41, 5.74) is 2.07. The van der Waals surface area contributed by atoms with Gasteiger partial charge in [0.15, 0.2) is 11.5 Å². The minimum absolute atomic E-state index is 0.0838. The Labute approximate surface area is 181 Å². The molecule has 1 aliphatic carbocycles. The first kappa shape index (κ1) is 20.7. The van der Waals surface area contributed by atoms with Gasteiger partial charge in [0.1, 0.15) is 5.75 Å². The first-order valence-electron chi connectivity index (χ1n) is 10.4. The van der Waals surface area contributed by atoms with Crippen LogP contribution in [0.2, 0.25) is 0 Å². The fraction of sp³-hybridized carbons (Fsp3) is 0.292. The SMILES string of the molecule is COc1cccc(-c2cc(C(=O)N(CCC(=O)NCc3ccccc3)C3CC3)no2)c1. The molecule has 0 saturated heterocycles. The van der Waals surface area contributed by atoms with E-state index in [1.807, 2.05) is 54.6 Å². The van der Waals surface area contributed by atoms with Gasteiger partial charge in [-0.15, -0.1) is 0 Å². The van der Waals surface area contributed by atoms with E-state index in [0.29, 0.717) is 24.6 Å². The minimum Gasteiger partial charge on any atom is -0.497 e. The number of rotatable bonds is 9. The third kappa shape index (κ3) is 5.31. The quantitative estimate of drug-likeness (QED) is 0.572. The lowest BCUT2D eigenvalue weighted by atomic mass is 10.1. The average Bonchev–Trinajstić information content (AvgIpc) is 3.53. The zero-order valence-corrected chi connectivity index (χ0v) is 17.4. The molecule has 1 saturated carbocycles. The maximum absolute atomic E-state index is 13.0. The highest BCUT2D eigenvalue weighted by Gasteiger charge is 2.34. The van der Waals surface area contributed by atoms with E-state index < -0.39 is 0 Å². The highest BCUT2D eigenvalue weighted by Crippen LogP contribution is 2.30. The van der Waals surface area contributed by atoms with Crippen molar-refractivity contribution in [3.63, 3.8) is 0 Å². The van der Waals surface area contributed by atoms with Crippen LogP contribution in [0.15, 0.2) is 65.2 Å². The summed E-state index contributed by atoms with van der Waals surface area (Å²) in [7, 11) is 1.60. The zero-order valence-electron chi connectivity index (χ0n) is 17.4. The summed E-state index contributed by atoms with van der Waals surface area (Å²) in [5.74, 6) is 0.900. The Balaban J connectivity index is 1.36. The molecule has 160 valence electrons. The highest BCUT2D eigenvalue weighted by atomic mass is 16.5. The van der Waals surface area contributed by atoms with Gasteiger partial charge in [0.2, 0.25) is 5.91 Å². The van der Waals surface area contributed by atoms with Gasteiger partial charge in [-0.1, -0.05) is 47.6 Å². The molecule has 0 spiro atoms. The number of nitrogens with zero attached hydrogens (tertiary/aromatic N) is 2. The van der Waals surface area contributed by atoms with Gasteiger partial charge < -0.3 is 19.5 Å². The fourth-order valence-electron chi connectivity index (χ4n) is 3.38. The molecular weight excluding hydrogens is 394 g/mol. The molecule has 0 atom stereocenters. The number of carbonyl (C=O) groups is 2. The van der Waals surface area contributed by atoms with Crippen LogP contribution >= 0.6 is 0 Å². The molecule has 1 heterocycles. The highest BCUT2D eigenvalue weighted by molar-refractivity contribution is 5.94. The van der Waals surface area contributed by atoms with Crippen molar-refractivity contribution in [1.82, 2.24) is 15.4 Å². The Morgan fingerprint density at radius 3 is 2.68 bits per heavy atom. The average molecular weight is 419 g/mol. The molecule has 2 amide bonds. The number of hydrogen-bond acceptors (Lipinski definition) is 5.